The molecule has 60 valence electrons. The molecule has 1 unspecified atom stereocenters. The average molecular weight is 141 g/mol. The van der Waals surface area contributed by atoms with Gasteiger partial charge in [0.1, 0.15) is 0 Å². The van der Waals surface area contributed by atoms with E-state index in [-0.39, 0.29) is 0 Å². The van der Waals surface area contributed by atoms with Crippen LogP contribution in [0.25, 0.3) is 0 Å². The van der Waals surface area contributed by atoms with Crippen LogP contribution in [-0.4, -0.2) is 6.54 Å². The van der Waals surface area contributed by atoms with Crippen LogP contribution in [0.2, 0.25) is 0 Å². The third kappa shape index (κ3) is 2.90. The Morgan fingerprint density at radius 3 is 2.20 bits per heavy atom. The second kappa shape index (κ2) is 4.37. The third-order valence-electron chi connectivity index (χ3n) is 1.95. The number of allylic oxidation sites excluding steroid dienone is 1. The van der Waals surface area contributed by atoms with Gasteiger partial charge in [-0.2, -0.15) is 0 Å². The van der Waals surface area contributed by atoms with Gasteiger partial charge < -0.3 is 5.32 Å². The zero-order valence-corrected chi connectivity index (χ0v) is 7.57. The molecule has 0 radical (unpaired) electrons. The molecular formula is C9H19N. The summed E-state index contributed by atoms with van der Waals surface area (Å²) in [4.78, 5) is 0. The summed E-state index contributed by atoms with van der Waals surface area (Å²) in [5, 5.41) is 3.23. The van der Waals surface area contributed by atoms with Gasteiger partial charge in [0, 0.05) is 12.2 Å². The fourth-order valence-corrected chi connectivity index (χ4v) is 0.790. The minimum atomic E-state index is 0.583. The SMILES string of the molecule is C=C(NCC)C(C)C(C)C. The summed E-state index contributed by atoms with van der Waals surface area (Å²) in [7, 11) is 0. The van der Waals surface area contributed by atoms with Crippen LogP contribution in [0, 0.1) is 11.8 Å². The monoisotopic (exact) mass is 141 g/mol. The second-order valence-corrected chi connectivity index (χ2v) is 3.09. The maximum atomic E-state index is 3.95. The van der Waals surface area contributed by atoms with Gasteiger partial charge in [-0.3, -0.25) is 0 Å². The van der Waals surface area contributed by atoms with Crippen LogP contribution in [0.5, 0.6) is 0 Å². The van der Waals surface area contributed by atoms with Crippen molar-refractivity contribution in [3.63, 3.8) is 0 Å². The molecule has 0 aromatic heterocycles. The molecule has 0 saturated carbocycles. The zero-order valence-electron chi connectivity index (χ0n) is 7.57. The van der Waals surface area contributed by atoms with E-state index in [1.54, 1.807) is 0 Å². The van der Waals surface area contributed by atoms with Gasteiger partial charge in [0.25, 0.3) is 0 Å². The number of nitrogens with one attached hydrogen (secondary N) is 1. The summed E-state index contributed by atoms with van der Waals surface area (Å²) in [6.07, 6.45) is 0. The van der Waals surface area contributed by atoms with Crippen LogP contribution in [-0.2, 0) is 0 Å². The second-order valence-electron chi connectivity index (χ2n) is 3.09. The predicted molar refractivity (Wildman–Crippen MR) is 46.8 cm³/mol. The molecule has 1 N–H and O–H groups in total. The molecule has 0 aliphatic heterocycles. The standard InChI is InChI=1S/C9H19N/c1-6-10-9(5)8(4)7(2)3/h7-8,10H,5-6H2,1-4H3. The molecule has 0 bridgehead atoms. The Balaban J connectivity index is 3.71. The molecule has 0 rings (SSSR count). The Morgan fingerprint density at radius 1 is 1.40 bits per heavy atom. The Labute approximate surface area is 64.5 Å². The lowest BCUT2D eigenvalue weighted by Crippen LogP contribution is -2.20. The smallest absolute Gasteiger partial charge is 0.0115 e. The lowest BCUT2D eigenvalue weighted by atomic mass is 9.95. The van der Waals surface area contributed by atoms with E-state index < -0.39 is 0 Å². The van der Waals surface area contributed by atoms with Gasteiger partial charge in [-0.1, -0.05) is 27.4 Å². The van der Waals surface area contributed by atoms with Crippen molar-refractivity contribution in [1.82, 2.24) is 5.32 Å². The summed E-state index contributed by atoms with van der Waals surface area (Å²) in [5.41, 5.74) is 1.16. The summed E-state index contributed by atoms with van der Waals surface area (Å²) in [5.74, 6) is 1.27. The van der Waals surface area contributed by atoms with Crippen LogP contribution in [0.1, 0.15) is 27.7 Å². The van der Waals surface area contributed by atoms with Crippen LogP contribution < -0.4 is 5.32 Å². The Kier molecular flexibility index (Phi) is 4.17. The minimum absolute atomic E-state index is 0.583. The van der Waals surface area contributed by atoms with Gasteiger partial charge in [-0.25, -0.2) is 0 Å². The van der Waals surface area contributed by atoms with Gasteiger partial charge in [-0.05, 0) is 18.8 Å². The van der Waals surface area contributed by atoms with Crippen molar-refractivity contribution < 1.29 is 0 Å². The molecule has 0 spiro atoms. The van der Waals surface area contributed by atoms with Crippen LogP contribution in [0.3, 0.4) is 0 Å². The maximum absolute atomic E-state index is 3.95. The van der Waals surface area contributed by atoms with E-state index in [9.17, 15) is 0 Å². The molecule has 0 aromatic carbocycles. The van der Waals surface area contributed by atoms with E-state index in [4.69, 9.17) is 0 Å². The number of rotatable bonds is 4. The van der Waals surface area contributed by atoms with E-state index in [2.05, 4.69) is 39.6 Å². The average Bonchev–Trinajstić information content (AvgIpc) is 1.87. The molecule has 0 heterocycles. The van der Waals surface area contributed by atoms with Crippen LogP contribution in [0.15, 0.2) is 12.3 Å². The van der Waals surface area contributed by atoms with Gasteiger partial charge in [0.05, 0.1) is 0 Å². The molecule has 1 atom stereocenters. The normalized spacial score (nSPS) is 13.3. The van der Waals surface area contributed by atoms with Crippen molar-refractivity contribution in [1.29, 1.82) is 0 Å². The van der Waals surface area contributed by atoms with Crippen LogP contribution in [0.4, 0.5) is 0 Å². The lowest BCUT2D eigenvalue weighted by molar-refractivity contribution is 0.456. The molecular weight excluding hydrogens is 122 g/mol. The summed E-state index contributed by atoms with van der Waals surface area (Å²) in [6, 6.07) is 0. The first-order valence-electron chi connectivity index (χ1n) is 4.02. The fraction of sp³-hybridized carbons (Fsp3) is 0.778. The van der Waals surface area contributed by atoms with Crippen molar-refractivity contribution in [3.8, 4) is 0 Å². The van der Waals surface area contributed by atoms with Crippen molar-refractivity contribution in [3.05, 3.63) is 12.3 Å². The number of hydrogen-bond acceptors (Lipinski definition) is 1. The first-order chi connectivity index (χ1) is 4.59. The highest BCUT2D eigenvalue weighted by Crippen LogP contribution is 2.15. The molecule has 10 heavy (non-hydrogen) atoms. The van der Waals surface area contributed by atoms with E-state index >= 15 is 0 Å². The van der Waals surface area contributed by atoms with Gasteiger partial charge >= 0.3 is 0 Å². The Morgan fingerprint density at radius 2 is 1.90 bits per heavy atom. The summed E-state index contributed by atoms with van der Waals surface area (Å²) >= 11 is 0. The highest BCUT2D eigenvalue weighted by molar-refractivity contribution is 4.96. The maximum Gasteiger partial charge on any atom is 0.0115 e. The largest absolute Gasteiger partial charge is 0.389 e. The highest BCUT2D eigenvalue weighted by Gasteiger charge is 2.08. The Hall–Kier alpha value is -0.460. The molecule has 0 amide bonds. The van der Waals surface area contributed by atoms with Crippen molar-refractivity contribution in [2.24, 2.45) is 11.8 Å². The molecule has 1 nitrogen and oxygen atoms in total. The van der Waals surface area contributed by atoms with E-state index in [0.29, 0.717) is 11.8 Å². The first kappa shape index (κ1) is 9.54. The van der Waals surface area contributed by atoms with Gasteiger partial charge in [-0.15, -0.1) is 0 Å². The van der Waals surface area contributed by atoms with Crippen LogP contribution >= 0.6 is 0 Å². The Bertz CT molecular complexity index is 105. The van der Waals surface area contributed by atoms with Crippen molar-refractivity contribution >= 4 is 0 Å². The van der Waals surface area contributed by atoms with Crippen molar-refractivity contribution in [2.75, 3.05) is 6.54 Å². The highest BCUT2D eigenvalue weighted by atomic mass is 14.9. The fourth-order valence-electron chi connectivity index (χ4n) is 0.790. The molecule has 0 aliphatic carbocycles. The molecule has 0 saturated heterocycles. The van der Waals surface area contributed by atoms with E-state index in [0.717, 1.165) is 12.2 Å². The molecule has 1 heteroatoms. The topological polar surface area (TPSA) is 12.0 Å². The van der Waals surface area contributed by atoms with E-state index in [1.807, 2.05) is 0 Å². The quantitative estimate of drug-likeness (QED) is 0.634. The van der Waals surface area contributed by atoms with Gasteiger partial charge in [0.2, 0.25) is 0 Å². The summed E-state index contributed by atoms with van der Waals surface area (Å²) in [6.45, 7) is 13.7. The predicted octanol–water partition coefficient (Wildman–Crippen LogP) is 2.40. The third-order valence-corrected chi connectivity index (χ3v) is 1.95. The zero-order chi connectivity index (χ0) is 8.15. The molecule has 0 aliphatic rings. The summed E-state index contributed by atoms with van der Waals surface area (Å²) < 4.78 is 0. The first-order valence-corrected chi connectivity index (χ1v) is 4.02. The molecule has 0 aromatic rings. The minimum Gasteiger partial charge on any atom is -0.389 e. The van der Waals surface area contributed by atoms with Gasteiger partial charge in [0.15, 0.2) is 0 Å². The van der Waals surface area contributed by atoms with Crippen molar-refractivity contribution in [2.45, 2.75) is 27.7 Å². The van der Waals surface area contributed by atoms with E-state index in [1.165, 1.54) is 0 Å². The molecule has 0 fully saturated rings. The number of hydrogen-bond donors (Lipinski definition) is 1. The lowest BCUT2D eigenvalue weighted by Gasteiger charge is -2.18.